The van der Waals surface area contributed by atoms with E-state index in [2.05, 4.69) is 22.3 Å². The van der Waals surface area contributed by atoms with Crippen molar-refractivity contribution in [2.75, 3.05) is 31.6 Å². The number of carbonyl (C=O) groups excluding carboxylic acids is 2. The van der Waals surface area contributed by atoms with Crippen LogP contribution in [0, 0.1) is 17.8 Å². The number of benzene rings is 2. The molecule has 1 N–H and O–H groups in total. The molecule has 194 valence electrons. The third-order valence-electron chi connectivity index (χ3n) is 9.05. The summed E-state index contributed by atoms with van der Waals surface area (Å²) < 4.78 is 11.1. The van der Waals surface area contributed by atoms with Crippen molar-refractivity contribution in [1.82, 2.24) is 4.90 Å². The van der Waals surface area contributed by atoms with Gasteiger partial charge in [-0.15, -0.1) is 0 Å². The maximum absolute atomic E-state index is 12.4. The first-order chi connectivity index (χ1) is 18.1. The highest BCUT2D eigenvalue weighted by molar-refractivity contribution is 6.00. The molecule has 5 aliphatic rings. The zero-order chi connectivity index (χ0) is 25.2. The number of amides is 1. The third-order valence-corrected chi connectivity index (χ3v) is 9.05. The van der Waals surface area contributed by atoms with Gasteiger partial charge in [-0.2, -0.15) is 0 Å². The van der Waals surface area contributed by atoms with Crippen LogP contribution in [0.1, 0.15) is 60.9 Å². The van der Waals surface area contributed by atoms with Crippen LogP contribution in [0.25, 0.3) is 0 Å². The predicted octanol–water partition coefficient (Wildman–Crippen LogP) is 5.55. The van der Waals surface area contributed by atoms with E-state index in [1.807, 2.05) is 12.1 Å². The Morgan fingerprint density at radius 2 is 1.76 bits per heavy atom. The first kappa shape index (κ1) is 24.2. The van der Waals surface area contributed by atoms with Gasteiger partial charge in [0.2, 0.25) is 0 Å². The van der Waals surface area contributed by atoms with Crippen molar-refractivity contribution in [1.29, 1.82) is 0 Å². The Kier molecular flexibility index (Phi) is 6.76. The third kappa shape index (κ3) is 5.17. The van der Waals surface area contributed by atoms with Crippen LogP contribution in [0.3, 0.4) is 0 Å². The highest BCUT2D eigenvalue weighted by Crippen LogP contribution is 2.65. The second-order valence-corrected chi connectivity index (χ2v) is 11.4. The topological polar surface area (TPSA) is 67.9 Å². The Bertz CT molecular complexity index is 1150. The highest BCUT2D eigenvalue weighted by atomic mass is 16.5. The lowest BCUT2D eigenvalue weighted by Crippen LogP contribution is -2.27. The molecule has 2 aromatic carbocycles. The largest absolute Gasteiger partial charge is 0.465 e. The number of nitrogens with one attached hydrogen (secondary N) is 1. The number of anilines is 1. The van der Waals surface area contributed by atoms with E-state index in [4.69, 9.17) is 9.47 Å². The van der Waals surface area contributed by atoms with Crippen LogP contribution in [0.15, 0.2) is 60.9 Å². The van der Waals surface area contributed by atoms with Gasteiger partial charge in [0.15, 0.2) is 0 Å². The zero-order valence-corrected chi connectivity index (χ0v) is 21.4. The van der Waals surface area contributed by atoms with Crippen molar-refractivity contribution in [2.24, 2.45) is 17.8 Å². The summed E-state index contributed by atoms with van der Waals surface area (Å²) in [5.74, 6) is 2.74. The number of carbonyl (C=O) groups is 2. The molecule has 2 aromatic rings. The lowest BCUT2D eigenvalue weighted by atomic mass is 9.71. The molecule has 0 radical (unpaired) electrons. The van der Waals surface area contributed by atoms with Crippen LogP contribution in [-0.4, -0.2) is 43.0 Å². The fourth-order valence-electron chi connectivity index (χ4n) is 7.57. The molecule has 1 heterocycles. The number of likely N-dealkylation sites (tertiary alicyclic amines) is 1. The Labute approximate surface area is 219 Å². The fourth-order valence-corrected chi connectivity index (χ4v) is 7.57. The second-order valence-electron chi connectivity index (χ2n) is 11.4. The van der Waals surface area contributed by atoms with Crippen LogP contribution in [0.5, 0.6) is 5.75 Å². The van der Waals surface area contributed by atoms with E-state index in [0.717, 1.165) is 43.1 Å². The van der Waals surface area contributed by atoms with Gasteiger partial charge in [0, 0.05) is 18.3 Å². The predicted molar refractivity (Wildman–Crippen MR) is 142 cm³/mol. The maximum atomic E-state index is 12.4. The summed E-state index contributed by atoms with van der Waals surface area (Å²) in [6.45, 7) is 3.28. The Balaban J connectivity index is 0.983. The van der Waals surface area contributed by atoms with Crippen LogP contribution in [0.4, 0.5) is 5.69 Å². The molecule has 5 fully saturated rings. The van der Waals surface area contributed by atoms with E-state index in [1.165, 1.54) is 62.8 Å². The van der Waals surface area contributed by atoms with Gasteiger partial charge in [0.1, 0.15) is 12.4 Å². The lowest BCUT2D eigenvalue weighted by molar-refractivity contribution is -0.112. The van der Waals surface area contributed by atoms with E-state index in [9.17, 15) is 9.59 Å². The van der Waals surface area contributed by atoms with Crippen molar-refractivity contribution < 1.29 is 19.1 Å². The minimum Gasteiger partial charge on any atom is -0.465 e. The number of nitrogens with zero attached hydrogens (tertiary/aromatic N) is 1. The van der Waals surface area contributed by atoms with E-state index in [1.54, 1.807) is 24.3 Å². The van der Waals surface area contributed by atoms with Crippen molar-refractivity contribution >= 4 is 17.6 Å². The molecule has 0 spiro atoms. The zero-order valence-electron chi connectivity index (χ0n) is 21.4. The van der Waals surface area contributed by atoms with Gasteiger partial charge >= 0.3 is 5.97 Å². The molecule has 2 atom stereocenters. The molecule has 0 aromatic heterocycles. The molecule has 37 heavy (non-hydrogen) atoms. The minimum atomic E-state index is -0.379. The first-order valence-corrected chi connectivity index (χ1v) is 13.8. The van der Waals surface area contributed by atoms with Crippen molar-refractivity contribution in [3.63, 3.8) is 0 Å². The highest BCUT2D eigenvalue weighted by Gasteiger charge is 2.58. The summed E-state index contributed by atoms with van der Waals surface area (Å²) in [4.78, 5) is 27.1. The molecule has 1 aliphatic heterocycles. The average Bonchev–Trinajstić information content (AvgIpc) is 3.57. The van der Waals surface area contributed by atoms with Crippen LogP contribution >= 0.6 is 0 Å². The average molecular weight is 501 g/mol. The number of esters is 1. The standard InChI is InChI=1S/C31H36N2O4/c34-29(32-27-5-3-4-24(19-27)30(35)37-15-13-33-11-1-2-12-33)10-14-36-28-8-6-25(7-9-28)31-20-22-16-23(21-31)18-26(31)17-22/h3-10,14,19,22-23,26H,1-2,11-13,15-18,20-21H2,(H,32,34)/b14-10+. The molecular weight excluding hydrogens is 464 g/mol. The smallest absolute Gasteiger partial charge is 0.338 e. The van der Waals surface area contributed by atoms with Gasteiger partial charge in [0.05, 0.1) is 11.8 Å². The van der Waals surface area contributed by atoms with Crippen LogP contribution in [0.2, 0.25) is 0 Å². The molecule has 4 saturated carbocycles. The molecule has 1 amide bonds. The molecule has 6 nitrogen and oxygen atoms in total. The van der Waals surface area contributed by atoms with Crippen molar-refractivity contribution in [3.8, 4) is 5.75 Å². The summed E-state index contributed by atoms with van der Waals surface area (Å²) in [5, 5.41) is 2.78. The monoisotopic (exact) mass is 500 g/mol. The molecular formula is C31H36N2O4. The fraction of sp³-hybridized carbons (Fsp3) is 0.484. The van der Waals surface area contributed by atoms with E-state index < -0.39 is 0 Å². The van der Waals surface area contributed by atoms with Gasteiger partial charge in [-0.3, -0.25) is 9.69 Å². The number of hydrogen-bond acceptors (Lipinski definition) is 5. The van der Waals surface area contributed by atoms with Gasteiger partial charge in [-0.25, -0.2) is 4.79 Å². The summed E-state index contributed by atoms with van der Waals surface area (Å²) in [6, 6.07) is 15.3. The number of ether oxygens (including phenoxy) is 2. The Hall–Kier alpha value is -3.12. The summed E-state index contributed by atoms with van der Waals surface area (Å²) in [5.41, 5.74) is 2.82. The van der Waals surface area contributed by atoms with Gasteiger partial charge in [-0.1, -0.05) is 18.2 Å². The quantitative estimate of drug-likeness (QED) is 0.278. The molecule has 4 aliphatic carbocycles. The van der Waals surface area contributed by atoms with E-state index in [0.29, 0.717) is 23.3 Å². The number of rotatable bonds is 9. The summed E-state index contributed by atoms with van der Waals surface area (Å²) in [7, 11) is 0. The first-order valence-electron chi connectivity index (χ1n) is 13.8. The van der Waals surface area contributed by atoms with Gasteiger partial charge in [0.25, 0.3) is 5.91 Å². The second kappa shape index (κ2) is 10.3. The van der Waals surface area contributed by atoms with E-state index in [-0.39, 0.29) is 11.9 Å². The van der Waals surface area contributed by atoms with E-state index >= 15 is 0 Å². The SMILES string of the molecule is O=C(/C=C/Oc1ccc(C23CC4CC(CC2C4)C3)cc1)Nc1cccc(C(=O)OCCN2CCCC2)c1. The molecule has 6 heteroatoms. The maximum Gasteiger partial charge on any atom is 0.338 e. The molecule has 4 bridgehead atoms. The van der Waals surface area contributed by atoms with Gasteiger partial charge in [-0.05, 0) is 117 Å². The van der Waals surface area contributed by atoms with Crippen LogP contribution < -0.4 is 10.1 Å². The Morgan fingerprint density at radius 1 is 1.00 bits per heavy atom. The molecule has 7 rings (SSSR count). The molecule has 2 unspecified atom stereocenters. The van der Waals surface area contributed by atoms with Crippen molar-refractivity contribution in [2.45, 2.75) is 50.4 Å². The lowest BCUT2D eigenvalue weighted by Gasteiger charge is -2.33. The minimum absolute atomic E-state index is 0.325. The Morgan fingerprint density at radius 3 is 2.51 bits per heavy atom. The number of hydrogen-bond donors (Lipinski definition) is 1. The van der Waals surface area contributed by atoms with Crippen LogP contribution in [-0.2, 0) is 14.9 Å². The summed E-state index contributed by atoms with van der Waals surface area (Å²) in [6.07, 6.45) is 12.2. The van der Waals surface area contributed by atoms with Crippen molar-refractivity contribution in [3.05, 3.63) is 72.0 Å². The normalized spacial score (nSPS) is 28.2. The summed E-state index contributed by atoms with van der Waals surface area (Å²) >= 11 is 0. The molecule has 1 saturated heterocycles. The van der Waals surface area contributed by atoms with Gasteiger partial charge < -0.3 is 14.8 Å².